The van der Waals surface area contributed by atoms with Gasteiger partial charge in [-0.15, -0.1) is 17.9 Å². The molecule has 186 valence electrons. The standard InChI is InChI=1S/C17H21N7O.C5H5N3O.C2H2/c1-25-12-6-8-23(10-12)17-19-16(14-3-2-7-24(14)22-17)18-15-9-13(20-21-15)11-4-5-11;9-4-8-5-3-6-1-2-7-5;1-2/h2-3,7,9,11-12H,4-6,8,10H2,1H3,(H2,18,19,20,21,22);1-4H,(H,7,8,9);1-2H/t12-;;/m1../s1. The van der Waals surface area contributed by atoms with Crippen LogP contribution in [0.5, 0.6) is 0 Å². The highest BCUT2D eigenvalue weighted by atomic mass is 16.5. The molecular formula is C24H28N10O2. The third-order valence-electron chi connectivity index (χ3n) is 5.77. The average molecular weight is 489 g/mol. The molecule has 1 atom stereocenters. The normalized spacial score (nSPS) is 16.4. The minimum Gasteiger partial charge on any atom is -0.380 e. The van der Waals surface area contributed by atoms with Crippen LogP contribution in [0.2, 0.25) is 0 Å². The Morgan fingerprint density at radius 1 is 1.22 bits per heavy atom. The highest BCUT2D eigenvalue weighted by Gasteiger charge is 2.27. The van der Waals surface area contributed by atoms with Crippen LogP contribution < -0.4 is 15.5 Å². The maximum Gasteiger partial charge on any atom is 0.245 e. The van der Waals surface area contributed by atoms with Crippen molar-refractivity contribution in [1.29, 1.82) is 0 Å². The molecule has 1 aliphatic carbocycles. The number of carbonyl (C=O) groups excluding carboxylic acids is 1. The van der Waals surface area contributed by atoms with Crippen LogP contribution in [-0.4, -0.2) is 67.5 Å². The van der Waals surface area contributed by atoms with Crippen LogP contribution >= 0.6 is 0 Å². The van der Waals surface area contributed by atoms with Gasteiger partial charge in [-0.25, -0.2) is 9.50 Å². The number of hydrogen-bond donors (Lipinski definition) is 3. The number of methoxy groups -OCH3 is 1. The Morgan fingerprint density at radius 2 is 2.08 bits per heavy atom. The van der Waals surface area contributed by atoms with Crippen LogP contribution in [0.25, 0.3) is 5.52 Å². The summed E-state index contributed by atoms with van der Waals surface area (Å²) in [5, 5.41) is 17.8. The van der Waals surface area contributed by atoms with Crippen molar-refractivity contribution in [3.05, 3.63) is 48.7 Å². The molecule has 4 aromatic rings. The van der Waals surface area contributed by atoms with Crippen LogP contribution in [0.3, 0.4) is 0 Å². The van der Waals surface area contributed by atoms with Gasteiger partial charge >= 0.3 is 0 Å². The Hall–Kier alpha value is -4.50. The Morgan fingerprint density at radius 3 is 2.78 bits per heavy atom. The number of anilines is 4. The number of hydrogen-bond acceptors (Lipinski definition) is 9. The van der Waals surface area contributed by atoms with Gasteiger partial charge in [-0.1, -0.05) is 0 Å². The predicted molar refractivity (Wildman–Crippen MR) is 136 cm³/mol. The molecule has 0 unspecified atom stereocenters. The molecule has 0 radical (unpaired) electrons. The number of rotatable bonds is 7. The summed E-state index contributed by atoms with van der Waals surface area (Å²) >= 11 is 0. The zero-order chi connectivity index (χ0) is 25.3. The lowest BCUT2D eigenvalue weighted by molar-refractivity contribution is -0.105. The highest BCUT2D eigenvalue weighted by molar-refractivity contribution is 5.73. The molecule has 12 heteroatoms. The summed E-state index contributed by atoms with van der Waals surface area (Å²) < 4.78 is 7.32. The number of fused-ring (bicyclic) bond motifs is 1. The summed E-state index contributed by atoms with van der Waals surface area (Å²) in [5.74, 6) is 3.39. The fourth-order valence-corrected chi connectivity index (χ4v) is 3.81. The minimum absolute atomic E-state index is 0.243. The van der Waals surface area contributed by atoms with Gasteiger partial charge in [0.1, 0.15) is 5.52 Å². The van der Waals surface area contributed by atoms with E-state index in [0.717, 1.165) is 36.7 Å². The Balaban J connectivity index is 0.000000234. The van der Waals surface area contributed by atoms with Crippen LogP contribution in [0.1, 0.15) is 30.9 Å². The minimum atomic E-state index is 0.243. The zero-order valence-corrected chi connectivity index (χ0v) is 19.9. The van der Waals surface area contributed by atoms with Crippen molar-refractivity contribution < 1.29 is 9.53 Å². The van der Waals surface area contributed by atoms with Gasteiger partial charge in [-0.3, -0.25) is 14.9 Å². The molecule has 0 bridgehead atoms. The topological polar surface area (TPSA) is 138 Å². The van der Waals surface area contributed by atoms with Crippen LogP contribution in [0.15, 0.2) is 43.0 Å². The molecule has 4 aromatic heterocycles. The van der Waals surface area contributed by atoms with E-state index in [2.05, 4.69) is 59.7 Å². The predicted octanol–water partition coefficient (Wildman–Crippen LogP) is 2.59. The number of H-pyrrole nitrogens is 1. The number of aromatic amines is 1. The summed E-state index contributed by atoms with van der Waals surface area (Å²) in [7, 11) is 1.76. The number of ether oxygens (including phenoxy) is 1. The number of nitrogens with zero attached hydrogens (tertiary/aromatic N) is 7. The lowest BCUT2D eigenvalue weighted by atomic mass is 10.3. The monoisotopic (exact) mass is 488 g/mol. The first-order valence-corrected chi connectivity index (χ1v) is 11.5. The number of aromatic nitrogens is 7. The molecule has 1 amide bonds. The first-order valence-electron chi connectivity index (χ1n) is 11.5. The van der Waals surface area contributed by atoms with E-state index in [0.29, 0.717) is 24.1 Å². The summed E-state index contributed by atoms with van der Waals surface area (Å²) in [6.07, 6.45) is 18.7. The fraction of sp³-hybridized carbons (Fsp3) is 0.333. The van der Waals surface area contributed by atoms with Gasteiger partial charge in [0.25, 0.3) is 0 Å². The lowest BCUT2D eigenvalue weighted by Gasteiger charge is -2.17. The van der Waals surface area contributed by atoms with Gasteiger partial charge in [0, 0.05) is 56.5 Å². The first-order chi connectivity index (χ1) is 17.7. The second kappa shape index (κ2) is 11.8. The summed E-state index contributed by atoms with van der Waals surface area (Å²) in [6, 6.07) is 6.05. The molecule has 1 aliphatic heterocycles. The molecule has 36 heavy (non-hydrogen) atoms. The Bertz CT molecular complexity index is 1280. The quantitative estimate of drug-likeness (QED) is 0.265. The van der Waals surface area contributed by atoms with Crippen molar-refractivity contribution in [3.8, 4) is 12.8 Å². The fourth-order valence-electron chi connectivity index (χ4n) is 3.81. The Labute approximate surface area is 208 Å². The largest absolute Gasteiger partial charge is 0.380 e. The third-order valence-corrected chi connectivity index (χ3v) is 5.77. The van der Waals surface area contributed by atoms with Crippen LogP contribution in [0, 0.1) is 12.8 Å². The molecule has 12 nitrogen and oxygen atoms in total. The molecule has 6 rings (SSSR count). The number of nitrogens with one attached hydrogen (secondary N) is 3. The molecule has 2 fully saturated rings. The van der Waals surface area contributed by atoms with E-state index in [1.54, 1.807) is 7.11 Å². The van der Waals surface area contributed by atoms with E-state index >= 15 is 0 Å². The van der Waals surface area contributed by atoms with E-state index < -0.39 is 0 Å². The van der Waals surface area contributed by atoms with Gasteiger partial charge in [0.2, 0.25) is 12.4 Å². The first kappa shape index (κ1) is 24.6. The summed E-state index contributed by atoms with van der Waals surface area (Å²) in [5.41, 5.74) is 2.13. The molecule has 5 heterocycles. The third kappa shape index (κ3) is 5.94. The van der Waals surface area contributed by atoms with Gasteiger partial charge < -0.3 is 20.3 Å². The van der Waals surface area contributed by atoms with Crippen molar-refractivity contribution >= 4 is 35.3 Å². The summed E-state index contributed by atoms with van der Waals surface area (Å²) in [4.78, 5) is 24.2. The average Bonchev–Trinajstić information content (AvgIpc) is 3.28. The molecule has 1 saturated carbocycles. The van der Waals surface area contributed by atoms with E-state index in [1.807, 2.05) is 22.8 Å². The lowest BCUT2D eigenvalue weighted by Crippen LogP contribution is -2.25. The van der Waals surface area contributed by atoms with E-state index in [4.69, 9.17) is 9.72 Å². The van der Waals surface area contributed by atoms with Crippen LogP contribution in [-0.2, 0) is 9.53 Å². The molecule has 1 saturated heterocycles. The van der Waals surface area contributed by atoms with Gasteiger partial charge in [0.15, 0.2) is 17.5 Å². The maximum absolute atomic E-state index is 9.80. The van der Waals surface area contributed by atoms with Crippen molar-refractivity contribution in [1.82, 2.24) is 34.8 Å². The van der Waals surface area contributed by atoms with Crippen molar-refractivity contribution in [2.45, 2.75) is 31.3 Å². The van der Waals surface area contributed by atoms with E-state index in [1.165, 1.54) is 37.1 Å². The number of terminal acetylenes is 1. The van der Waals surface area contributed by atoms with E-state index in [9.17, 15) is 4.79 Å². The second-order valence-corrected chi connectivity index (χ2v) is 8.15. The molecular weight excluding hydrogens is 460 g/mol. The number of carbonyl (C=O) groups is 1. The second-order valence-electron chi connectivity index (χ2n) is 8.15. The Kier molecular flexibility index (Phi) is 8.05. The van der Waals surface area contributed by atoms with Crippen molar-refractivity contribution in [2.75, 3.05) is 35.7 Å². The molecule has 0 spiro atoms. The SMILES string of the molecule is C#C.CO[C@@H]1CCN(c2nc(Nc3cc(C4CC4)[nH]n3)c3cccn3n2)C1.O=CNc1cnccn1. The maximum atomic E-state index is 9.80. The number of amides is 1. The smallest absolute Gasteiger partial charge is 0.245 e. The zero-order valence-electron chi connectivity index (χ0n) is 19.9. The van der Waals surface area contributed by atoms with Crippen molar-refractivity contribution in [2.24, 2.45) is 0 Å². The van der Waals surface area contributed by atoms with Gasteiger partial charge in [-0.05, 0) is 31.4 Å². The van der Waals surface area contributed by atoms with Crippen LogP contribution in [0.4, 0.5) is 23.4 Å². The van der Waals surface area contributed by atoms with E-state index in [-0.39, 0.29) is 6.10 Å². The summed E-state index contributed by atoms with van der Waals surface area (Å²) in [6.45, 7) is 1.72. The molecule has 0 aromatic carbocycles. The highest BCUT2D eigenvalue weighted by Crippen LogP contribution is 2.39. The van der Waals surface area contributed by atoms with Gasteiger partial charge in [0.05, 0.1) is 12.3 Å². The molecule has 2 aliphatic rings. The van der Waals surface area contributed by atoms with Crippen molar-refractivity contribution in [3.63, 3.8) is 0 Å². The molecule has 3 N–H and O–H groups in total. The van der Waals surface area contributed by atoms with Gasteiger partial charge in [-0.2, -0.15) is 10.1 Å².